The summed E-state index contributed by atoms with van der Waals surface area (Å²) in [6.07, 6.45) is 2.28. The minimum absolute atomic E-state index is 0.473. The molecular formula is C16H29N3OS. The third-order valence-electron chi connectivity index (χ3n) is 3.92. The smallest absolute Gasteiger partial charge is 0.186 e. The van der Waals surface area contributed by atoms with E-state index in [0.717, 1.165) is 39.3 Å². The van der Waals surface area contributed by atoms with E-state index in [0.29, 0.717) is 12.0 Å². The fourth-order valence-electron chi connectivity index (χ4n) is 2.67. The third-order valence-corrected chi connectivity index (χ3v) is 5.03. The van der Waals surface area contributed by atoms with Crippen molar-refractivity contribution in [3.8, 4) is 0 Å². The summed E-state index contributed by atoms with van der Waals surface area (Å²) in [4.78, 5) is 8.80. The number of ether oxygens (including phenoxy) is 1. The number of anilines is 1. The van der Waals surface area contributed by atoms with Crippen molar-refractivity contribution in [1.82, 2.24) is 10.3 Å². The minimum Gasteiger partial charge on any atom is -0.377 e. The molecule has 0 radical (unpaired) electrons. The molecule has 1 N–H and O–H groups in total. The summed E-state index contributed by atoms with van der Waals surface area (Å²) in [7, 11) is 0. The van der Waals surface area contributed by atoms with Crippen LogP contribution in [0.2, 0.25) is 0 Å². The van der Waals surface area contributed by atoms with E-state index in [4.69, 9.17) is 9.72 Å². The van der Waals surface area contributed by atoms with Gasteiger partial charge >= 0.3 is 0 Å². The molecule has 0 spiro atoms. The summed E-state index contributed by atoms with van der Waals surface area (Å²) >= 11 is 1.86. The van der Waals surface area contributed by atoms with E-state index in [2.05, 4.69) is 37.9 Å². The van der Waals surface area contributed by atoms with Crippen LogP contribution in [-0.2, 0) is 11.3 Å². The number of thiazole rings is 1. The number of hydrogen-bond acceptors (Lipinski definition) is 5. The van der Waals surface area contributed by atoms with Crippen LogP contribution in [0.4, 0.5) is 5.13 Å². The van der Waals surface area contributed by atoms with Gasteiger partial charge in [0.15, 0.2) is 5.13 Å². The van der Waals surface area contributed by atoms with Crippen molar-refractivity contribution in [3.63, 3.8) is 0 Å². The van der Waals surface area contributed by atoms with E-state index in [1.165, 1.54) is 22.1 Å². The maximum absolute atomic E-state index is 5.61. The molecule has 1 atom stereocenters. The predicted molar refractivity (Wildman–Crippen MR) is 90.4 cm³/mol. The highest BCUT2D eigenvalue weighted by molar-refractivity contribution is 7.15. The van der Waals surface area contributed by atoms with Gasteiger partial charge in [0.25, 0.3) is 0 Å². The monoisotopic (exact) mass is 311 g/mol. The van der Waals surface area contributed by atoms with Gasteiger partial charge in [0, 0.05) is 18.0 Å². The van der Waals surface area contributed by atoms with Crippen molar-refractivity contribution in [2.75, 3.05) is 31.2 Å². The van der Waals surface area contributed by atoms with Crippen molar-refractivity contribution >= 4 is 16.5 Å². The fourth-order valence-corrected chi connectivity index (χ4v) is 3.96. The van der Waals surface area contributed by atoms with Crippen LogP contribution in [0.15, 0.2) is 0 Å². The fraction of sp³-hybridized carbons (Fsp3) is 0.812. The first-order chi connectivity index (χ1) is 10.2. The quantitative estimate of drug-likeness (QED) is 0.783. The van der Waals surface area contributed by atoms with Crippen LogP contribution in [-0.4, -0.2) is 37.3 Å². The predicted octanol–water partition coefficient (Wildman–Crippen LogP) is 3.38. The lowest BCUT2D eigenvalue weighted by atomic mass is 10.1. The molecule has 21 heavy (non-hydrogen) atoms. The highest BCUT2D eigenvalue weighted by Crippen LogP contribution is 2.32. The Bertz CT molecular complexity index is 433. The summed E-state index contributed by atoms with van der Waals surface area (Å²) in [5.74, 6) is 0.481. The number of nitrogens with one attached hydrogen (secondary N) is 1. The second-order valence-corrected chi connectivity index (χ2v) is 7.03. The van der Waals surface area contributed by atoms with Crippen LogP contribution < -0.4 is 10.2 Å². The molecule has 1 fully saturated rings. The van der Waals surface area contributed by atoms with Gasteiger partial charge < -0.3 is 15.0 Å². The zero-order valence-corrected chi connectivity index (χ0v) is 14.6. The molecule has 4 nitrogen and oxygen atoms in total. The van der Waals surface area contributed by atoms with E-state index in [-0.39, 0.29) is 0 Å². The molecule has 1 aliphatic heterocycles. The molecule has 1 aromatic heterocycles. The summed E-state index contributed by atoms with van der Waals surface area (Å²) in [6, 6.07) is 0.473. The van der Waals surface area contributed by atoms with E-state index in [1.54, 1.807) is 0 Å². The van der Waals surface area contributed by atoms with Crippen LogP contribution in [0.3, 0.4) is 0 Å². The lowest BCUT2D eigenvalue weighted by Crippen LogP contribution is -2.45. The SMILES string of the molecule is CCCNCc1sc(N2CCOCC2CC)nc1C(C)C. The number of nitrogens with zero attached hydrogens (tertiary/aromatic N) is 2. The molecule has 0 bridgehead atoms. The Morgan fingerprint density at radius 1 is 1.43 bits per heavy atom. The Balaban J connectivity index is 2.17. The van der Waals surface area contributed by atoms with Crippen molar-refractivity contribution in [2.24, 2.45) is 0 Å². The molecule has 1 aromatic rings. The van der Waals surface area contributed by atoms with Crippen LogP contribution in [0, 0.1) is 0 Å². The summed E-state index contributed by atoms with van der Waals surface area (Å²) < 4.78 is 5.61. The molecule has 0 aromatic carbocycles. The molecule has 2 heterocycles. The lowest BCUT2D eigenvalue weighted by molar-refractivity contribution is 0.0929. The van der Waals surface area contributed by atoms with Gasteiger partial charge in [0.1, 0.15) is 0 Å². The second-order valence-electron chi connectivity index (χ2n) is 5.97. The molecule has 1 saturated heterocycles. The number of aromatic nitrogens is 1. The molecule has 1 unspecified atom stereocenters. The summed E-state index contributed by atoms with van der Waals surface area (Å²) in [6.45, 7) is 13.5. The lowest BCUT2D eigenvalue weighted by Gasteiger charge is -2.34. The van der Waals surface area contributed by atoms with E-state index in [1.807, 2.05) is 11.3 Å². The van der Waals surface area contributed by atoms with Crippen molar-refractivity contribution < 1.29 is 4.74 Å². The molecule has 2 rings (SSSR count). The zero-order valence-electron chi connectivity index (χ0n) is 13.8. The van der Waals surface area contributed by atoms with Crippen molar-refractivity contribution in [1.29, 1.82) is 0 Å². The van der Waals surface area contributed by atoms with E-state index >= 15 is 0 Å². The van der Waals surface area contributed by atoms with Crippen molar-refractivity contribution in [2.45, 2.75) is 59.0 Å². The van der Waals surface area contributed by atoms with Gasteiger partial charge in [-0.2, -0.15) is 0 Å². The maximum atomic E-state index is 5.61. The Labute approximate surface area is 132 Å². The number of rotatable bonds is 7. The van der Waals surface area contributed by atoms with E-state index in [9.17, 15) is 0 Å². The Kier molecular flexibility index (Phi) is 6.45. The highest BCUT2D eigenvalue weighted by atomic mass is 32.1. The number of hydrogen-bond donors (Lipinski definition) is 1. The van der Waals surface area contributed by atoms with Gasteiger partial charge in [-0.25, -0.2) is 4.98 Å². The largest absolute Gasteiger partial charge is 0.377 e. The molecule has 120 valence electrons. The average Bonchev–Trinajstić information content (AvgIpc) is 2.92. The van der Waals surface area contributed by atoms with Gasteiger partial charge in [-0.3, -0.25) is 0 Å². The molecular weight excluding hydrogens is 282 g/mol. The molecule has 5 heteroatoms. The van der Waals surface area contributed by atoms with Gasteiger partial charge in [-0.05, 0) is 25.3 Å². The third kappa shape index (κ3) is 4.18. The van der Waals surface area contributed by atoms with Gasteiger partial charge in [-0.1, -0.05) is 27.7 Å². The van der Waals surface area contributed by atoms with Gasteiger partial charge in [-0.15, -0.1) is 11.3 Å². The molecule has 0 aliphatic carbocycles. The summed E-state index contributed by atoms with van der Waals surface area (Å²) in [5.41, 5.74) is 1.26. The second kappa shape index (κ2) is 8.11. The summed E-state index contributed by atoms with van der Waals surface area (Å²) in [5, 5.41) is 4.70. The number of morpholine rings is 1. The van der Waals surface area contributed by atoms with Crippen molar-refractivity contribution in [3.05, 3.63) is 10.6 Å². The van der Waals surface area contributed by atoms with Crippen LogP contribution in [0.1, 0.15) is 57.0 Å². The first-order valence-corrected chi connectivity index (χ1v) is 9.03. The average molecular weight is 311 g/mol. The van der Waals surface area contributed by atoms with E-state index < -0.39 is 0 Å². The maximum Gasteiger partial charge on any atom is 0.186 e. The molecule has 1 aliphatic rings. The highest BCUT2D eigenvalue weighted by Gasteiger charge is 2.26. The van der Waals surface area contributed by atoms with Crippen LogP contribution in [0.25, 0.3) is 0 Å². The van der Waals surface area contributed by atoms with Crippen LogP contribution >= 0.6 is 11.3 Å². The van der Waals surface area contributed by atoms with Crippen LogP contribution in [0.5, 0.6) is 0 Å². The molecule has 0 saturated carbocycles. The Morgan fingerprint density at radius 3 is 2.90 bits per heavy atom. The zero-order chi connectivity index (χ0) is 15.2. The Hall–Kier alpha value is -0.650. The molecule has 0 amide bonds. The normalized spacial score (nSPS) is 19.5. The first-order valence-electron chi connectivity index (χ1n) is 8.22. The standard InChI is InChI=1S/C16H29N3OS/c1-5-7-17-10-14-15(12(3)4)18-16(21-14)19-8-9-20-11-13(19)6-2/h12-13,17H,5-11H2,1-4H3. The Morgan fingerprint density at radius 2 is 2.24 bits per heavy atom. The van der Waals surface area contributed by atoms with Gasteiger partial charge in [0.05, 0.1) is 24.9 Å². The first kappa shape index (κ1) is 16.7. The minimum atomic E-state index is 0.473. The topological polar surface area (TPSA) is 37.4 Å². The van der Waals surface area contributed by atoms with Gasteiger partial charge in [0.2, 0.25) is 0 Å².